The number of carbonyl (C=O) groups is 1. The Bertz CT molecular complexity index is 705. The van der Waals surface area contributed by atoms with Crippen LogP contribution < -0.4 is 5.32 Å². The first-order chi connectivity index (χ1) is 10.5. The number of amides is 1. The summed E-state index contributed by atoms with van der Waals surface area (Å²) in [5.74, 6) is 1.05. The van der Waals surface area contributed by atoms with Crippen molar-refractivity contribution in [3.63, 3.8) is 0 Å². The summed E-state index contributed by atoms with van der Waals surface area (Å²) in [6, 6.07) is 3.52. The molecule has 126 valence electrons. The average Bonchev–Trinajstić information content (AvgIpc) is 3.02. The van der Waals surface area contributed by atoms with Gasteiger partial charge in [0.25, 0.3) is 5.91 Å². The molecule has 2 aromatic rings. The van der Waals surface area contributed by atoms with Crippen LogP contribution >= 0.6 is 0 Å². The van der Waals surface area contributed by atoms with Crippen molar-refractivity contribution in [2.75, 3.05) is 6.54 Å². The van der Waals surface area contributed by atoms with Crippen LogP contribution in [0.5, 0.6) is 0 Å². The molecule has 0 aliphatic heterocycles. The lowest BCUT2D eigenvalue weighted by atomic mass is 9.92. The zero-order chi connectivity index (χ0) is 17.4. The summed E-state index contributed by atoms with van der Waals surface area (Å²) in [6.07, 6.45) is 0. The van der Waals surface area contributed by atoms with E-state index >= 15 is 0 Å². The number of H-pyrrole nitrogens is 1. The van der Waals surface area contributed by atoms with Gasteiger partial charge in [0.2, 0.25) is 0 Å². The number of hydrogen-bond donors (Lipinski definition) is 3. The number of furan rings is 1. The molecule has 0 spiro atoms. The maximum Gasteiger partial charge on any atom is 0.271 e. The molecule has 0 bridgehead atoms. The number of aromatic nitrogens is 2. The van der Waals surface area contributed by atoms with E-state index in [1.165, 1.54) is 0 Å². The van der Waals surface area contributed by atoms with Crippen LogP contribution in [-0.4, -0.2) is 27.8 Å². The first-order valence-electron chi connectivity index (χ1n) is 7.65. The van der Waals surface area contributed by atoms with Crippen LogP contribution in [0.2, 0.25) is 0 Å². The van der Waals surface area contributed by atoms with Crippen LogP contribution in [0.25, 0.3) is 0 Å². The quantitative estimate of drug-likeness (QED) is 0.807. The Balaban J connectivity index is 2.06. The topological polar surface area (TPSA) is 91.2 Å². The summed E-state index contributed by atoms with van der Waals surface area (Å²) >= 11 is 0. The van der Waals surface area contributed by atoms with E-state index < -0.39 is 5.60 Å². The van der Waals surface area contributed by atoms with E-state index in [0.29, 0.717) is 17.0 Å². The van der Waals surface area contributed by atoms with Crippen molar-refractivity contribution in [1.82, 2.24) is 15.5 Å². The SMILES string of the molecule is Cc1cc(C(C)(O)CNC(=O)c2cc(C(C)(C)C)[nH]n2)c(C)o1. The second kappa shape index (κ2) is 5.85. The minimum Gasteiger partial charge on any atom is -0.466 e. The molecule has 0 saturated carbocycles. The predicted molar refractivity (Wildman–Crippen MR) is 87.4 cm³/mol. The fourth-order valence-corrected chi connectivity index (χ4v) is 2.43. The number of aryl methyl sites for hydroxylation is 2. The molecular formula is C17H25N3O3. The minimum absolute atomic E-state index is 0.0728. The summed E-state index contributed by atoms with van der Waals surface area (Å²) < 4.78 is 5.44. The van der Waals surface area contributed by atoms with Gasteiger partial charge in [0.15, 0.2) is 0 Å². The van der Waals surface area contributed by atoms with E-state index in [4.69, 9.17) is 4.42 Å². The van der Waals surface area contributed by atoms with E-state index in [1.54, 1.807) is 26.0 Å². The lowest BCUT2D eigenvalue weighted by Crippen LogP contribution is -2.38. The molecule has 1 amide bonds. The highest BCUT2D eigenvalue weighted by molar-refractivity contribution is 5.92. The Kier molecular flexibility index (Phi) is 4.39. The Morgan fingerprint density at radius 3 is 2.43 bits per heavy atom. The number of nitrogens with zero attached hydrogens (tertiary/aromatic N) is 1. The van der Waals surface area contributed by atoms with Crippen molar-refractivity contribution < 1.29 is 14.3 Å². The number of aliphatic hydroxyl groups is 1. The van der Waals surface area contributed by atoms with Gasteiger partial charge in [0.05, 0.1) is 6.54 Å². The second-order valence-electron chi connectivity index (χ2n) is 7.20. The molecule has 2 heterocycles. The molecule has 6 heteroatoms. The van der Waals surface area contributed by atoms with Crippen molar-refractivity contribution >= 4 is 5.91 Å². The summed E-state index contributed by atoms with van der Waals surface area (Å²) in [5.41, 5.74) is 0.553. The van der Waals surface area contributed by atoms with Gasteiger partial charge < -0.3 is 14.8 Å². The van der Waals surface area contributed by atoms with Crippen LogP contribution in [0.4, 0.5) is 0 Å². The van der Waals surface area contributed by atoms with Crippen molar-refractivity contribution in [3.05, 3.63) is 40.6 Å². The van der Waals surface area contributed by atoms with E-state index in [9.17, 15) is 9.90 Å². The summed E-state index contributed by atoms with van der Waals surface area (Å²) in [6.45, 7) is 11.5. The maximum atomic E-state index is 12.2. The van der Waals surface area contributed by atoms with Crippen LogP contribution in [0.1, 0.15) is 61.0 Å². The third-order valence-corrected chi connectivity index (χ3v) is 3.83. The molecule has 23 heavy (non-hydrogen) atoms. The zero-order valence-electron chi connectivity index (χ0n) is 14.6. The number of nitrogens with one attached hydrogen (secondary N) is 2. The van der Waals surface area contributed by atoms with Crippen LogP contribution in [0, 0.1) is 13.8 Å². The largest absolute Gasteiger partial charge is 0.466 e. The fourth-order valence-electron chi connectivity index (χ4n) is 2.43. The highest BCUT2D eigenvalue weighted by atomic mass is 16.3. The Morgan fingerprint density at radius 1 is 1.30 bits per heavy atom. The summed E-state index contributed by atoms with van der Waals surface area (Å²) in [4.78, 5) is 12.2. The van der Waals surface area contributed by atoms with Gasteiger partial charge in [-0.15, -0.1) is 0 Å². The maximum absolute atomic E-state index is 12.2. The normalized spacial score (nSPS) is 14.6. The van der Waals surface area contributed by atoms with Gasteiger partial charge in [-0.2, -0.15) is 5.10 Å². The first kappa shape index (κ1) is 17.3. The Morgan fingerprint density at radius 2 is 1.96 bits per heavy atom. The van der Waals surface area contributed by atoms with Crippen LogP contribution in [-0.2, 0) is 11.0 Å². The summed E-state index contributed by atoms with van der Waals surface area (Å²) in [5, 5.41) is 20.3. The van der Waals surface area contributed by atoms with Gasteiger partial charge in [-0.1, -0.05) is 20.8 Å². The van der Waals surface area contributed by atoms with Gasteiger partial charge in [-0.05, 0) is 32.9 Å². The van der Waals surface area contributed by atoms with E-state index in [1.807, 2.05) is 27.7 Å². The lowest BCUT2D eigenvalue weighted by molar-refractivity contribution is 0.0512. The van der Waals surface area contributed by atoms with E-state index in [0.717, 1.165) is 11.5 Å². The van der Waals surface area contributed by atoms with Crippen LogP contribution in [0.15, 0.2) is 16.5 Å². The molecule has 2 aromatic heterocycles. The molecule has 2 rings (SSSR count). The van der Waals surface area contributed by atoms with Gasteiger partial charge in [-0.25, -0.2) is 0 Å². The standard InChI is InChI=1S/C17H25N3O3/c1-10-7-12(11(2)23-10)17(6,22)9-18-15(21)13-8-14(20-19-13)16(3,4)5/h7-8,22H,9H2,1-6H3,(H,18,21)(H,19,20). The third kappa shape index (κ3) is 3.82. The molecule has 1 atom stereocenters. The molecule has 0 saturated heterocycles. The number of hydrogen-bond acceptors (Lipinski definition) is 4. The molecule has 3 N–H and O–H groups in total. The molecule has 0 fully saturated rings. The smallest absolute Gasteiger partial charge is 0.271 e. The Hall–Kier alpha value is -2.08. The van der Waals surface area contributed by atoms with E-state index in [2.05, 4.69) is 15.5 Å². The first-order valence-corrected chi connectivity index (χ1v) is 7.65. The lowest BCUT2D eigenvalue weighted by Gasteiger charge is -2.23. The van der Waals surface area contributed by atoms with Gasteiger partial charge in [0.1, 0.15) is 22.8 Å². The van der Waals surface area contributed by atoms with Crippen molar-refractivity contribution in [1.29, 1.82) is 0 Å². The average molecular weight is 319 g/mol. The third-order valence-electron chi connectivity index (χ3n) is 3.83. The molecule has 6 nitrogen and oxygen atoms in total. The second-order valence-corrected chi connectivity index (χ2v) is 7.20. The molecule has 0 aliphatic rings. The molecule has 0 aliphatic carbocycles. The number of aromatic amines is 1. The van der Waals surface area contributed by atoms with Crippen molar-refractivity contribution in [3.8, 4) is 0 Å². The molecule has 0 radical (unpaired) electrons. The molecule has 1 unspecified atom stereocenters. The highest BCUT2D eigenvalue weighted by Crippen LogP contribution is 2.26. The van der Waals surface area contributed by atoms with Gasteiger partial charge in [-0.3, -0.25) is 9.89 Å². The Labute approximate surface area is 136 Å². The van der Waals surface area contributed by atoms with Gasteiger partial charge in [0, 0.05) is 16.7 Å². The van der Waals surface area contributed by atoms with Crippen molar-refractivity contribution in [2.24, 2.45) is 0 Å². The van der Waals surface area contributed by atoms with Gasteiger partial charge >= 0.3 is 0 Å². The predicted octanol–water partition coefficient (Wildman–Crippen LogP) is 2.55. The number of carbonyl (C=O) groups excluding carboxylic acids is 1. The van der Waals surface area contributed by atoms with Crippen molar-refractivity contribution in [2.45, 2.75) is 52.6 Å². The van der Waals surface area contributed by atoms with E-state index in [-0.39, 0.29) is 17.9 Å². The number of rotatable bonds is 4. The molecular weight excluding hydrogens is 294 g/mol. The molecule has 0 aromatic carbocycles. The zero-order valence-corrected chi connectivity index (χ0v) is 14.6. The van der Waals surface area contributed by atoms with Crippen LogP contribution in [0.3, 0.4) is 0 Å². The summed E-state index contributed by atoms with van der Waals surface area (Å²) in [7, 11) is 0. The fraction of sp³-hybridized carbons (Fsp3) is 0.529. The highest BCUT2D eigenvalue weighted by Gasteiger charge is 2.29. The monoisotopic (exact) mass is 319 g/mol. The minimum atomic E-state index is -1.21.